The fourth-order valence-corrected chi connectivity index (χ4v) is 3.01. The number of nitrogens with zero attached hydrogens (tertiary/aromatic N) is 2. The van der Waals surface area contributed by atoms with E-state index in [9.17, 15) is 8.42 Å². The van der Waals surface area contributed by atoms with Crippen LogP contribution in [0.1, 0.15) is 12.5 Å². The summed E-state index contributed by atoms with van der Waals surface area (Å²) in [7, 11) is -0.480. The first-order chi connectivity index (χ1) is 8.89. The Labute approximate surface area is 116 Å². The quantitative estimate of drug-likeness (QED) is 0.738. The second kappa shape index (κ2) is 6.71. The molecule has 0 heterocycles. The first-order valence-electron chi connectivity index (χ1n) is 6.06. The van der Waals surface area contributed by atoms with E-state index >= 15 is 0 Å². The molecule has 0 N–H and O–H groups in total. The Morgan fingerprint density at radius 2 is 1.84 bits per heavy atom. The van der Waals surface area contributed by atoms with Gasteiger partial charge in [-0.25, -0.2) is 0 Å². The van der Waals surface area contributed by atoms with Gasteiger partial charge in [0.25, 0.3) is 10.2 Å². The maximum atomic E-state index is 12.2. The summed E-state index contributed by atoms with van der Waals surface area (Å²) in [6.45, 7) is 1.94. The topological polar surface area (TPSA) is 40.6 Å². The van der Waals surface area contributed by atoms with Crippen molar-refractivity contribution in [2.45, 2.75) is 19.4 Å². The zero-order chi connectivity index (χ0) is 14.5. The maximum absolute atomic E-state index is 12.2. The van der Waals surface area contributed by atoms with E-state index in [1.807, 2.05) is 37.3 Å². The number of benzene rings is 1. The van der Waals surface area contributed by atoms with E-state index < -0.39 is 10.2 Å². The lowest BCUT2D eigenvalue weighted by atomic mass is 10.1. The fourth-order valence-electron chi connectivity index (χ4n) is 1.82. The second-order valence-electron chi connectivity index (χ2n) is 4.58. The van der Waals surface area contributed by atoms with E-state index in [0.717, 1.165) is 5.56 Å². The Morgan fingerprint density at radius 3 is 2.32 bits per heavy atom. The minimum absolute atomic E-state index is 0.0779. The monoisotopic (exact) mass is 280 g/mol. The number of hydrogen-bond acceptors (Lipinski definition) is 2. The first kappa shape index (κ1) is 15.7. The Kier molecular flexibility index (Phi) is 5.55. The van der Waals surface area contributed by atoms with Crippen LogP contribution in [0.25, 0.3) is 0 Å². The summed E-state index contributed by atoms with van der Waals surface area (Å²) in [5.74, 6) is 2.42. The second-order valence-corrected chi connectivity index (χ2v) is 6.67. The van der Waals surface area contributed by atoms with E-state index in [-0.39, 0.29) is 12.6 Å². The van der Waals surface area contributed by atoms with Crippen LogP contribution in [-0.4, -0.2) is 43.7 Å². The third-order valence-corrected chi connectivity index (χ3v) is 4.88. The van der Waals surface area contributed by atoms with Gasteiger partial charge in [-0.15, -0.1) is 6.42 Å². The summed E-state index contributed by atoms with van der Waals surface area (Å²) >= 11 is 0. The van der Waals surface area contributed by atoms with Crippen LogP contribution in [0.15, 0.2) is 30.3 Å². The molecule has 0 aliphatic heterocycles. The average Bonchev–Trinajstić information content (AvgIpc) is 2.36. The van der Waals surface area contributed by atoms with E-state index in [0.29, 0.717) is 6.42 Å². The van der Waals surface area contributed by atoms with Gasteiger partial charge in [0.05, 0.1) is 6.54 Å². The predicted octanol–water partition coefficient (Wildman–Crippen LogP) is 1.36. The molecule has 1 rings (SSSR count). The number of terminal acetylenes is 1. The van der Waals surface area contributed by atoms with Crippen molar-refractivity contribution in [3.63, 3.8) is 0 Å². The van der Waals surface area contributed by atoms with Crippen LogP contribution in [0.3, 0.4) is 0 Å². The van der Waals surface area contributed by atoms with Crippen molar-refractivity contribution in [1.29, 1.82) is 0 Å². The lowest BCUT2D eigenvalue weighted by Crippen LogP contribution is -2.46. The molecule has 0 aliphatic carbocycles. The summed E-state index contributed by atoms with van der Waals surface area (Å²) in [6, 6.07) is 9.58. The molecule has 0 fully saturated rings. The van der Waals surface area contributed by atoms with Gasteiger partial charge in [-0.1, -0.05) is 36.3 Å². The Balaban J connectivity index is 2.92. The summed E-state index contributed by atoms with van der Waals surface area (Å²) in [5, 5.41) is 0. The molecule has 0 amide bonds. The van der Waals surface area contributed by atoms with Crippen LogP contribution in [0.4, 0.5) is 0 Å². The van der Waals surface area contributed by atoms with Gasteiger partial charge in [0, 0.05) is 20.1 Å². The molecule has 1 atom stereocenters. The molecule has 0 saturated carbocycles. The van der Waals surface area contributed by atoms with Crippen LogP contribution in [0.2, 0.25) is 0 Å². The minimum atomic E-state index is -3.50. The molecule has 0 spiro atoms. The molecule has 4 nitrogen and oxygen atoms in total. The van der Waals surface area contributed by atoms with E-state index in [1.165, 1.54) is 22.7 Å². The largest absolute Gasteiger partial charge is 0.282 e. The van der Waals surface area contributed by atoms with Crippen molar-refractivity contribution in [2.24, 2.45) is 0 Å². The molecular weight excluding hydrogens is 260 g/mol. The molecule has 1 aromatic rings. The molecular formula is C14H20N2O2S. The zero-order valence-electron chi connectivity index (χ0n) is 11.6. The van der Waals surface area contributed by atoms with E-state index in [4.69, 9.17) is 6.42 Å². The molecule has 0 aliphatic rings. The third kappa shape index (κ3) is 4.06. The normalized spacial score (nSPS) is 13.5. The van der Waals surface area contributed by atoms with Gasteiger partial charge < -0.3 is 0 Å². The lowest BCUT2D eigenvalue weighted by Gasteiger charge is -2.29. The molecule has 19 heavy (non-hydrogen) atoms. The fraction of sp³-hybridized carbons (Fsp3) is 0.429. The van der Waals surface area contributed by atoms with Gasteiger partial charge in [-0.05, 0) is 18.9 Å². The Morgan fingerprint density at radius 1 is 1.26 bits per heavy atom. The van der Waals surface area contributed by atoms with E-state index in [2.05, 4.69) is 5.92 Å². The van der Waals surface area contributed by atoms with E-state index in [1.54, 1.807) is 0 Å². The van der Waals surface area contributed by atoms with Gasteiger partial charge in [-0.3, -0.25) is 0 Å². The number of rotatable bonds is 6. The molecule has 1 aromatic carbocycles. The maximum Gasteiger partial charge on any atom is 0.282 e. The molecule has 5 heteroatoms. The third-order valence-electron chi connectivity index (χ3n) is 2.87. The van der Waals surface area contributed by atoms with Crippen molar-refractivity contribution in [3.05, 3.63) is 35.9 Å². The first-order valence-corrected chi connectivity index (χ1v) is 7.46. The van der Waals surface area contributed by atoms with Crippen LogP contribution in [-0.2, 0) is 16.6 Å². The minimum Gasteiger partial charge on any atom is -0.195 e. The smallest absolute Gasteiger partial charge is 0.195 e. The highest BCUT2D eigenvalue weighted by Gasteiger charge is 2.28. The zero-order valence-corrected chi connectivity index (χ0v) is 12.4. The van der Waals surface area contributed by atoms with Crippen LogP contribution in [0.5, 0.6) is 0 Å². The van der Waals surface area contributed by atoms with Gasteiger partial charge in [0.15, 0.2) is 0 Å². The van der Waals surface area contributed by atoms with Crippen molar-refractivity contribution in [2.75, 3.05) is 20.6 Å². The summed E-state index contributed by atoms with van der Waals surface area (Å²) in [5.41, 5.74) is 1.09. The summed E-state index contributed by atoms with van der Waals surface area (Å²) in [4.78, 5) is 0. The molecule has 0 saturated heterocycles. The highest BCUT2D eigenvalue weighted by atomic mass is 32.2. The summed E-state index contributed by atoms with van der Waals surface area (Å²) in [6.07, 6.45) is 5.92. The van der Waals surface area contributed by atoms with Crippen molar-refractivity contribution in [3.8, 4) is 12.3 Å². The van der Waals surface area contributed by atoms with Crippen LogP contribution < -0.4 is 0 Å². The number of hydrogen-bond donors (Lipinski definition) is 0. The molecule has 0 unspecified atom stereocenters. The van der Waals surface area contributed by atoms with Gasteiger partial charge in [0.2, 0.25) is 0 Å². The molecule has 0 aromatic heterocycles. The SMILES string of the molecule is C#CCN([C@H](C)Cc1ccccc1)S(=O)(=O)N(C)C. The highest BCUT2D eigenvalue weighted by molar-refractivity contribution is 7.86. The molecule has 104 valence electrons. The van der Waals surface area contributed by atoms with Crippen molar-refractivity contribution < 1.29 is 8.42 Å². The summed E-state index contributed by atoms with van der Waals surface area (Å²) < 4.78 is 27.0. The standard InChI is InChI=1S/C14H20N2O2S/c1-5-11-16(19(17,18)15(3)4)13(2)12-14-9-7-6-8-10-14/h1,6-10,13H,11-12H2,2-4H3/t13-/m1/s1. The van der Waals surface area contributed by atoms with Crippen molar-refractivity contribution >= 4 is 10.2 Å². The van der Waals surface area contributed by atoms with Gasteiger partial charge in [-0.2, -0.15) is 17.0 Å². The Hall–Kier alpha value is -1.35. The highest BCUT2D eigenvalue weighted by Crippen LogP contribution is 2.14. The average molecular weight is 280 g/mol. The van der Waals surface area contributed by atoms with Gasteiger partial charge in [0.1, 0.15) is 0 Å². The van der Waals surface area contributed by atoms with Crippen LogP contribution in [0, 0.1) is 12.3 Å². The molecule has 0 radical (unpaired) electrons. The molecule has 0 bridgehead atoms. The Bertz CT molecular complexity index is 532. The van der Waals surface area contributed by atoms with Crippen molar-refractivity contribution in [1.82, 2.24) is 8.61 Å². The van der Waals surface area contributed by atoms with Gasteiger partial charge >= 0.3 is 0 Å². The van der Waals surface area contributed by atoms with Crippen LogP contribution >= 0.6 is 0 Å². The lowest BCUT2D eigenvalue weighted by molar-refractivity contribution is 0.337. The predicted molar refractivity (Wildman–Crippen MR) is 77.8 cm³/mol.